The first kappa shape index (κ1) is 19.4. The molecule has 0 saturated heterocycles. The Morgan fingerprint density at radius 1 is 0.828 bits per heavy atom. The molecular weight excluding hydrogens is 373 g/mol. The number of aliphatic imine (C=N–C) groups is 1. The van der Waals surface area contributed by atoms with Gasteiger partial charge >= 0.3 is 0 Å². The number of nitrogens with zero attached hydrogens (tertiary/aromatic N) is 1. The molecule has 0 bridgehead atoms. The number of hydrogen-bond acceptors (Lipinski definition) is 2. The van der Waals surface area contributed by atoms with Gasteiger partial charge in [-0.1, -0.05) is 104 Å². The zero-order chi connectivity index (χ0) is 20.1. The minimum Gasteiger partial charge on any atom is -0.506 e. The first-order valence-corrected chi connectivity index (χ1v) is 11.2. The Morgan fingerprint density at radius 3 is 2.03 bits per heavy atom. The van der Waals surface area contributed by atoms with Crippen molar-refractivity contribution >= 4 is 29.5 Å². The van der Waals surface area contributed by atoms with E-state index in [2.05, 4.69) is 97.9 Å². The number of rotatable bonds is 5. The second-order valence-electron chi connectivity index (χ2n) is 7.06. The summed E-state index contributed by atoms with van der Waals surface area (Å²) >= 11 is 0. The van der Waals surface area contributed by atoms with Crippen LogP contribution in [0.4, 0.5) is 0 Å². The van der Waals surface area contributed by atoms with Crippen molar-refractivity contribution < 1.29 is 5.11 Å². The predicted molar refractivity (Wildman–Crippen MR) is 125 cm³/mol. The lowest BCUT2D eigenvalue weighted by molar-refractivity contribution is 0.437. The lowest BCUT2D eigenvalue weighted by atomic mass is 9.99. The van der Waals surface area contributed by atoms with Crippen molar-refractivity contribution in [3.05, 3.63) is 114 Å². The third-order valence-electron chi connectivity index (χ3n) is 5.03. The second-order valence-corrected chi connectivity index (χ2v) is 9.25. The van der Waals surface area contributed by atoms with Crippen molar-refractivity contribution in [1.82, 2.24) is 0 Å². The summed E-state index contributed by atoms with van der Waals surface area (Å²) in [7, 11) is -0.678. The van der Waals surface area contributed by atoms with Crippen molar-refractivity contribution in [2.24, 2.45) is 10.9 Å². The minimum atomic E-state index is -0.678. The summed E-state index contributed by atoms with van der Waals surface area (Å²) in [6.45, 7) is 2.62. The third kappa shape index (κ3) is 4.39. The molecule has 1 unspecified atom stereocenters. The standard InChI is InChI=1S/C26H24NOP/c1-20-11-10-17-24(28)26(20)27-19-21-12-8-9-18-25(21)29(22-13-4-2-5-14-22)23-15-6-3-7-16-23/h2-18,20,28H,19H2,1H3. The number of benzene rings is 3. The van der Waals surface area contributed by atoms with Crippen LogP contribution in [0.1, 0.15) is 12.5 Å². The highest BCUT2D eigenvalue weighted by Gasteiger charge is 2.20. The summed E-state index contributed by atoms with van der Waals surface area (Å²) in [6, 6.07) is 30.0. The zero-order valence-electron chi connectivity index (χ0n) is 16.4. The third-order valence-corrected chi connectivity index (χ3v) is 7.58. The number of allylic oxidation sites excluding steroid dienone is 4. The van der Waals surface area contributed by atoms with Gasteiger partial charge in [-0.15, -0.1) is 0 Å². The summed E-state index contributed by atoms with van der Waals surface area (Å²) in [5, 5.41) is 14.2. The highest BCUT2D eigenvalue weighted by Crippen LogP contribution is 2.34. The predicted octanol–water partition coefficient (Wildman–Crippen LogP) is 5.03. The van der Waals surface area contributed by atoms with Crippen LogP contribution >= 0.6 is 7.92 Å². The Balaban J connectivity index is 1.76. The maximum absolute atomic E-state index is 10.2. The van der Waals surface area contributed by atoms with Crippen LogP contribution in [0, 0.1) is 5.92 Å². The van der Waals surface area contributed by atoms with E-state index in [1.807, 2.05) is 6.08 Å². The van der Waals surface area contributed by atoms with Crippen molar-refractivity contribution in [2.75, 3.05) is 0 Å². The van der Waals surface area contributed by atoms with Crippen LogP contribution < -0.4 is 15.9 Å². The number of aliphatic hydroxyl groups is 1. The van der Waals surface area contributed by atoms with Crippen LogP contribution in [0.3, 0.4) is 0 Å². The molecule has 3 heteroatoms. The van der Waals surface area contributed by atoms with Gasteiger partial charge < -0.3 is 5.11 Å². The first-order chi connectivity index (χ1) is 14.2. The van der Waals surface area contributed by atoms with Crippen LogP contribution in [0.15, 0.2) is 114 Å². The quantitative estimate of drug-likeness (QED) is 0.602. The molecule has 1 N–H and O–H groups in total. The number of hydrogen-bond donors (Lipinski definition) is 1. The van der Waals surface area contributed by atoms with Gasteiger partial charge in [-0.2, -0.15) is 0 Å². The Labute approximate surface area is 173 Å². The van der Waals surface area contributed by atoms with Gasteiger partial charge in [0.2, 0.25) is 0 Å². The lowest BCUT2D eigenvalue weighted by Crippen LogP contribution is -2.23. The highest BCUT2D eigenvalue weighted by molar-refractivity contribution is 7.79. The molecule has 0 fully saturated rings. The largest absolute Gasteiger partial charge is 0.506 e. The van der Waals surface area contributed by atoms with Gasteiger partial charge in [0.1, 0.15) is 5.76 Å². The number of aliphatic hydroxyl groups excluding tert-OH is 1. The Hall–Kier alpha value is -2.96. The maximum atomic E-state index is 10.2. The summed E-state index contributed by atoms with van der Waals surface area (Å²) in [5.74, 6) is 0.391. The van der Waals surface area contributed by atoms with Gasteiger partial charge in [0.25, 0.3) is 0 Å². The molecule has 29 heavy (non-hydrogen) atoms. The molecule has 144 valence electrons. The second kappa shape index (κ2) is 9.03. The molecule has 0 amide bonds. The lowest BCUT2D eigenvalue weighted by Gasteiger charge is -2.22. The van der Waals surface area contributed by atoms with Gasteiger partial charge in [-0.05, 0) is 35.5 Å². The Morgan fingerprint density at radius 2 is 1.41 bits per heavy atom. The van der Waals surface area contributed by atoms with Crippen LogP contribution in [0.5, 0.6) is 0 Å². The topological polar surface area (TPSA) is 32.6 Å². The van der Waals surface area contributed by atoms with Crippen molar-refractivity contribution in [3.63, 3.8) is 0 Å². The van der Waals surface area contributed by atoms with E-state index in [1.54, 1.807) is 6.08 Å². The average Bonchev–Trinajstić information content (AvgIpc) is 2.76. The molecule has 2 nitrogen and oxygen atoms in total. The van der Waals surface area contributed by atoms with Gasteiger partial charge in [0.15, 0.2) is 0 Å². The Kier molecular flexibility index (Phi) is 6.03. The van der Waals surface area contributed by atoms with E-state index < -0.39 is 7.92 Å². The van der Waals surface area contributed by atoms with Crippen molar-refractivity contribution in [3.8, 4) is 0 Å². The first-order valence-electron chi connectivity index (χ1n) is 9.84. The summed E-state index contributed by atoms with van der Waals surface area (Å²) in [5.41, 5.74) is 1.96. The monoisotopic (exact) mass is 397 g/mol. The molecule has 1 atom stereocenters. The minimum absolute atomic E-state index is 0.122. The zero-order valence-corrected chi connectivity index (χ0v) is 17.3. The average molecular weight is 397 g/mol. The molecule has 3 aromatic rings. The van der Waals surface area contributed by atoms with Gasteiger partial charge in [0, 0.05) is 5.92 Å². The smallest absolute Gasteiger partial charge is 0.137 e. The molecule has 0 heterocycles. The van der Waals surface area contributed by atoms with Crippen molar-refractivity contribution in [1.29, 1.82) is 0 Å². The van der Waals surface area contributed by atoms with E-state index in [1.165, 1.54) is 21.5 Å². The molecule has 0 saturated carbocycles. The van der Waals surface area contributed by atoms with Crippen LogP contribution in [0.25, 0.3) is 0 Å². The van der Waals surface area contributed by atoms with Crippen LogP contribution in [0.2, 0.25) is 0 Å². The highest BCUT2D eigenvalue weighted by atomic mass is 31.1. The van der Waals surface area contributed by atoms with Gasteiger partial charge in [-0.25, -0.2) is 0 Å². The molecule has 0 aromatic heterocycles. The molecule has 3 aromatic carbocycles. The fraction of sp³-hybridized carbons (Fsp3) is 0.115. The molecule has 1 aliphatic rings. The summed E-state index contributed by atoms with van der Waals surface area (Å²) in [4.78, 5) is 4.80. The maximum Gasteiger partial charge on any atom is 0.137 e. The van der Waals surface area contributed by atoms with E-state index >= 15 is 0 Å². The van der Waals surface area contributed by atoms with Crippen LogP contribution in [-0.2, 0) is 6.54 Å². The van der Waals surface area contributed by atoms with Crippen molar-refractivity contribution in [2.45, 2.75) is 13.5 Å². The molecule has 0 radical (unpaired) electrons. The van der Waals surface area contributed by atoms with Gasteiger partial charge in [0.05, 0.1) is 12.3 Å². The van der Waals surface area contributed by atoms with E-state index in [-0.39, 0.29) is 11.7 Å². The Bertz CT molecular complexity index is 1010. The summed E-state index contributed by atoms with van der Waals surface area (Å²) in [6.07, 6.45) is 5.66. The van der Waals surface area contributed by atoms with Gasteiger partial charge in [-0.3, -0.25) is 4.99 Å². The van der Waals surface area contributed by atoms with E-state index in [4.69, 9.17) is 4.99 Å². The molecule has 0 aliphatic heterocycles. The van der Waals surface area contributed by atoms with E-state index in [9.17, 15) is 5.11 Å². The molecular formula is C26H24NOP. The van der Waals surface area contributed by atoms with Crippen LogP contribution in [-0.4, -0.2) is 10.8 Å². The van der Waals surface area contributed by atoms with E-state index in [0.717, 1.165) is 5.71 Å². The van der Waals surface area contributed by atoms with E-state index in [0.29, 0.717) is 6.54 Å². The fourth-order valence-corrected chi connectivity index (χ4v) is 6.03. The molecule has 0 spiro atoms. The molecule has 1 aliphatic carbocycles. The normalized spacial score (nSPS) is 17.5. The summed E-state index contributed by atoms with van der Waals surface area (Å²) < 4.78 is 0. The fourth-order valence-electron chi connectivity index (χ4n) is 3.56. The SMILES string of the molecule is CC1C=CC=C(O)C1=NCc1ccccc1P(c1ccccc1)c1ccccc1. The molecule has 4 rings (SSSR count).